The van der Waals surface area contributed by atoms with Crippen molar-refractivity contribution in [2.75, 3.05) is 7.05 Å². The molecule has 3 atom stereocenters. The molecule has 0 aliphatic heterocycles. The van der Waals surface area contributed by atoms with Gasteiger partial charge in [0.2, 0.25) is 0 Å². The Morgan fingerprint density at radius 1 is 1.20 bits per heavy atom. The normalized spacial score (nSPS) is 27.6. The van der Waals surface area contributed by atoms with E-state index in [9.17, 15) is 0 Å². The minimum absolute atomic E-state index is 0.422. The van der Waals surface area contributed by atoms with Gasteiger partial charge in [-0.3, -0.25) is 0 Å². The Hall–Kier alpha value is 0.01000. The van der Waals surface area contributed by atoms with E-state index in [1.165, 1.54) is 28.6 Å². The van der Waals surface area contributed by atoms with Crippen LogP contribution in [0.1, 0.15) is 40.0 Å². The van der Waals surface area contributed by atoms with Gasteiger partial charge in [0.1, 0.15) is 0 Å². The molecule has 1 saturated carbocycles. The first-order chi connectivity index (χ1) is 9.41. The SMILES string of the molecule is CNC1CCC(C(C)(C)C)CC1Sc1ccccc1Br. The van der Waals surface area contributed by atoms with Crippen molar-refractivity contribution in [1.29, 1.82) is 0 Å². The summed E-state index contributed by atoms with van der Waals surface area (Å²) in [5.41, 5.74) is 0.422. The van der Waals surface area contributed by atoms with Gasteiger partial charge in [-0.2, -0.15) is 0 Å². The van der Waals surface area contributed by atoms with Gasteiger partial charge in [0.15, 0.2) is 0 Å². The molecule has 0 radical (unpaired) electrons. The molecular formula is C17H26BrNS. The molecule has 0 saturated heterocycles. The maximum absolute atomic E-state index is 3.68. The molecule has 0 heterocycles. The number of halogens is 1. The van der Waals surface area contributed by atoms with Crippen molar-refractivity contribution in [3.8, 4) is 0 Å². The fourth-order valence-corrected chi connectivity index (χ4v) is 5.07. The largest absolute Gasteiger partial charge is 0.316 e. The van der Waals surface area contributed by atoms with Gasteiger partial charge < -0.3 is 5.32 Å². The molecule has 0 bridgehead atoms. The summed E-state index contributed by atoms with van der Waals surface area (Å²) in [4.78, 5) is 1.37. The minimum Gasteiger partial charge on any atom is -0.316 e. The van der Waals surface area contributed by atoms with E-state index in [0.29, 0.717) is 16.7 Å². The highest BCUT2D eigenvalue weighted by Gasteiger charge is 2.35. The molecule has 20 heavy (non-hydrogen) atoms. The first kappa shape index (κ1) is 16.4. The molecular weight excluding hydrogens is 330 g/mol. The van der Waals surface area contributed by atoms with Crippen LogP contribution >= 0.6 is 27.7 Å². The average molecular weight is 356 g/mol. The van der Waals surface area contributed by atoms with Gasteiger partial charge in [-0.1, -0.05) is 32.9 Å². The van der Waals surface area contributed by atoms with Crippen LogP contribution in [0.25, 0.3) is 0 Å². The fraction of sp³-hybridized carbons (Fsp3) is 0.647. The third kappa shape index (κ3) is 4.02. The second kappa shape index (κ2) is 6.85. The Labute approximate surface area is 136 Å². The van der Waals surface area contributed by atoms with E-state index < -0.39 is 0 Å². The van der Waals surface area contributed by atoms with Crippen molar-refractivity contribution in [1.82, 2.24) is 5.32 Å². The highest BCUT2D eigenvalue weighted by Crippen LogP contribution is 2.44. The molecule has 1 aliphatic rings. The summed E-state index contributed by atoms with van der Waals surface area (Å²) in [6, 6.07) is 9.21. The monoisotopic (exact) mass is 355 g/mol. The number of nitrogens with one attached hydrogen (secondary N) is 1. The number of thioether (sulfide) groups is 1. The summed E-state index contributed by atoms with van der Waals surface area (Å²) in [5.74, 6) is 0.826. The second-order valence-electron chi connectivity index (χ2n) is 6.86. The van der Waals surface area contributed by atoms with E-state index in [1.807, 2.05) is 11.8 Å². The highest BCUT2D eigenvalue weighted by atomic mass is 79.9. The summed E-state index contributed by atoms with van der Waals surface area (Å²) >= 11 is 5.71. The number of benzene rings is 1. The van der Waals surface area contributed by atoms with Crippen LogP contribution in [0.5, 0.6) is 0 Å². The Morgan fingerprint density at radius 3 is 2.50 bits per heavy atom. The van der Waals surface area contributed by atoms with Gasteiger partial charge >= 0.3 is 0 Å². The van der Waals surface area contributed by atoms with Crippen LogP contribution in [-0.4, -0.2) is 18.3 Å². The van der Waals surface area contributed by atoms with Crippen LogP contribution in [0, 0.1) is 11.3 Å². The van der Waals surface area contributed by atoms with Crippen LogP contribution in [0.15, 0.2) is 33.6 Å². The zero-order valence-electron chi connectivity index (χ0n) is 12.9. The third-order valence-corrected chi connectivity index (χ3v) is 6.89. The highest BCUT2D eigenvalue weighted by molar-refractivity contribution is 9.10. The smallest absolute Gasteiger partial charge is 0.0311 e. The zero-order valence-corrected chi connectivity index (χ0v) is 15.4. The lowest BCUT2D eigenvalue weighted by molar-refractivity contribution is 0.167. The molecule has 2 rings (SSSR count). The molecule has 1 aromatic carbocycles. The predicted molar refractivity (Wildman–Crippen MR) is 93.4 cm³/mol. The van der Waals surface area contributed by atoms with E-state index >= 15 is 0 Å². The Kier molecular flexibility index (Phi) is 5.61. The summed E-state index contributed by atoms with van der Waals surface area (Å²) in [6.45, 7) is 7.16. The second-order valence-corrected chi connectivity index (χ2v) is 8.99. The van der Waals surface area contributed by atoms with Crippen molar-refractivity contribution >= 4 is 27.7 Å². The molecule has 1 nitrogen and oxygen atoms in total. The van der Waals surface area contributed by atoms with Gasteiger partial charge in [0.05, 0.1) is 0 Å². The lowest BCUT2D eigenvalue weighted by Gasteiger charge is -2.41. The van der Waals surface area contributed by atoms with Crippen LogP contribution in [0.2, 0.25) is 0 Å². The van der Waals surface area contributed by atoms with Crippen LogP contribution in [-0.2, 0) is 0 Å². The number of hydrogen-bond donors (Lipinski definition) is 1. The van der Waals surface area contributed by atoms with Crippen LogP contribution in [0.3, 0.4) is 0 Å². The van der Waals surface area contributed by atoms with Gasteiger partial charge in [-0.25, -0.2) is 0 Å². The summed E-state index contributed by atoms with van der Waals surface area (Å²) in [5, 5.41) is 4.19. The summed E-state index contributed by atoms with van der Waals surface area (Å²) < 4.78 is 1.22. The van der Waals surface area contributed by atoms with Gasteiger partial charge in [-0.05, 0) is 65.7 Å². The summed E-state index contributed by atoms with van der Waals surface area (Å²) in [7, 11) is 2.11. The number of rotatable bonds is 3. The Morgan fingerprint density at radius 2 is 1.90 bits per heavy atom. The van der Waals surface area contributed by atoms with E-state index in [4.69, 9.17) is 0 Å². The lowest BCUT2D eigenvalue weighted by atomic mass is 9.71. The summed E-state index contributed by atoms with van der Waals surface area (Å²) in [6.07, 6.45) is 3.95. The molecule has 1 aromatic rings. The van der Waals surface area contributed by atoms with Crippen molar-refractivity contribution in [3.05, 3.63) is 28.7 Å². The maximum Gasteiger partial charge on any atom is 0.0311 e. The molecule has 1 aliphatic carbocycles. The fourth-order valence-electron chi connectivity index (χ4n) is 3.08. The zero-order chi connectivity index (χ0) is 14.8. The minimum atomic E-state index is 0.422. The first-order valence-electron chi connectivity index (χ1n) is 7.50. The van der Waals surface area contributed by atoms with Gasteiger partial charge in [-0.15, -0.1) is 11.8 Å². The molecule has 1 fully saturated rings. The van der Waals surface area contributed by atoms with Gasteiger partial charge in [0, 0.05) is 20.7 Å². The Bertz CT molecular complexity index is 441. The van der Waals surface area contributed by atoms with Crippen LogP contribution in [0.4, 0.5) is 0 Å². The molecule has 112 valence electrons. The maximum atomic E-state index is 3.68. The van der Waals surface area contributed by atoms with E-state index in [2.05, 4.69) is 73.3 Å². The molecule has 0 spiro atoms. The Balaban J connectivity index is 2.12. The van der Waals surface area contributed by atoms with Crippen LogP contribution < -0.4 is 5.32 Å². The topological polar surface area (TPSA) is 12.0 Å². The molecule has 0 amide bonds. The lowest BCUT2D eigenvalue weighted by Crippen LogP contribution is -2.43. The molecule has 1 N–H and O–H groups in total. The molecule has 3 unspecified atom stereocenters. The van der Waals surface area contributed by atoms with E-state index in [0.717, 1.165) is 5.92 Å². The van der Waals surface area contributed by atoms with E-state index in [-0.39, 0.29) is 0 Å². The van der Waals surface area contributed by atoms with E-state index in [1.54, 1.807) is 0 Å². The first-order valence-corrected chi connectivity index (χ1v) is 9.17. The van der Waals surface area contributed by atoms with Crippen molar-refractivity contribution in [3.63, 3.8) is 0 Å². The van der Waals surface area contributed by atoms with Crippen molar-refractivity contribution < 1.29 is 0 Å². The standard InChI is InChI=1S/C17H26BrNS/c1-17(2,3)12-9-10-14(19-4)16(11-12)20-15-8-6-5-7-13(15)18/h5-8,12,14,16,19H,9-11H2,1-4H3. The van der Waals surface area contributed by atoms with Gasteiger partial charge in [0.25, 0.3) is 0 Å². The quantitative estimate of drug-likeness (QED) is 0.784. The molecule has 0 aromatic heterocycles. The average Bonchev–Trinajstić information content (AvgIpc) is 2.40. The van der Waals surface area contributed by atoms with Crippen molar-refractivity contribution in [2.45, 2.75) is 56.2 Å². The number of hydrogen-bond acceptors (Lipinski definition) is 2. The predicted octanol–water partition coefficient (Wildman–Crippen LogP) is 5.34. The molecule has 3 heteroatoms. The third-order valence-electron chi connectivity index (χ3n) is 4.50. The van der Waals surface area contributed by atoms with Crippen molar-refractivity contribution in [2.24, 2.45) is 11.3 Å².